The average molecular weight is 398 g/mol. The van der Waals surface area contributed by atoms with Crippen molar-refractivity contribution in [1.29, 1.82) is 0 Å². The first-order valence-electron chi connectivity index (χ1n) is 9.01. The molecule has 1 aromatic rings. The van der Waals surface area contributed by atoms with Crippen molar-refractivity contribution < 1.29 is 19.1 Å². The van der Waals surface area contributed by atoms with Crippen molar-refractivity contribution >= 4 is 29.3 Å². The second-order valence-corrected chi connectivity index (χ2v) is 8.07. The summed E-state index contributed by atoms with van der Waals surface area (Å²) in [6, 6.07) is 2.91. The molecule has 1 aromatic carbocycles. The summed E-state index contributed by atoms with van der Waals surface area (Å²) in [5, 5.41) is 3.50. The fourth-order valence-electron chi connectivity index (χ4n) is 2.93. The smallest absolute Gasteiger partial charge is 0.417 e. The molecule has 8 heteroatoms. The van der Waals surface area contributed by atoms with E-state index in [0.717, 1.165) is 30.8 Å². The van der Waals surface area contributed by atoms with Gasteiger partial charge in [-0.1, -0.05) is 11.6 Å². The molecule has 7 nitrogen and oxygen atoms in total. The zero-order chi connectivity index (χ0) is 20.2. The molecule has 27 heavy (non-hydrogen) atoms. The van der Waals surface area contributed by atoms with E-state index >= 15 is 0 Å². The van der Waals surface area contributed by atoms with Crippen LogP contribution in [0.25, 0.3) is 0 Å². The molecule has 1 heterocycles. The van der Waals surface area contributed by atoms with E-state index < -0.39 is 17.6 Å². The number of rotatable bonds is 4. The Bertz CT molecular complexity index is 697. The van der Waals surface area contributed by atoms with Crippen LogP contribution in [0.1, 0.15) is 44.0 Å². The van der Waals surface area contributed by atoms with Gasteiger partial charge < -0.3 is 20.5 Å². The zero-order valence-electron chi connectivity index (χ0n) is 16.3. The maximum absolute atomic E-state index is 13.2. The minimum atomic E-state index is -0.716. The minimum Gasteiger partial charge on any atom is -0.496 e. The maximum atomic E-state index is 13.2. The second kappa shape index (κ2) is 8.80. The largest absolute Gasteiger partial charge is 0.496 e. The van der Waals surface area contributed by atoms with Gasteiger partial charge in [-0.25, -0.2) is 9.69 Å². The number of piperidine rings is 1. The fourth-order valence-corrected chi connectivity index (χ4v) is 3.09. The molecule has 3 N–H and O–H groups in total. The Morgan fingerprint density at radius 3 is 2.48 bits per heavy atom. The van der Waals surface area contributed by atoms with Gasteiger partial charge in [0.05, 0.1) is 23.4 Å². The van der Waals surface area contributed by atoms with E-state index in [4.69, 9.17) is 26.8 Å². The van der Waals surface area contributed by atoms with Crippen molar-refractivity contribution in [3.8, 4) is 5.75 Å². The molecule has 0 saturated carbocycles. The van der Waals surface area contributed by atoms with Gasteiger partial charge in [0, 0.05) is 12.6 Å². The predicted octanol–water partition coefficient (Wildman–Crippen LogP) is 3.31. The molecule has 0 spiro atoms. The standard InChI is InChI=1S/C19H28ClN3O4/c1-19(2,3)27-18(25)23(11-12-5-7-22-8-6-12)17(24)13-9-14(20)15(21)10-16(13)26-4/h9-10,12,22H,5-8,11,21H2,1-4H3. The zero-order valence-corrected chi connectivity index (χ0v) is 17.1. The number of carbonyl (C=O) groups is 2. The summed E-state index contributed by atoms with van der Waals surface area (Å²) in [7, 11) is 1.43. The number of anilines is 1. The van der Waals surface area contributed by atoms with Gasteiger partial charge in [-0.05, 0) is 58.7 Å². The number of benzene rings is 1. The molecule has 2 amide bonds. The van der Waals surface area contributed by atoms with Crippen LogP contribution in [0, 0.1) is 5.92 Å². The topological polar surface area (TPSA) is 93.9 Å². The van der Waals surface area contributed by atoms with Gasteiger partial charge in [-0.15, -0.1) is 0 Å². The fraction of sp³-hybridized carbons (Fsp3) is 0.579. The summed E-state index contributed by atoms with van der Waals surface area (Å²) in [6.45, 7) is 7.28. The minimum absolute atomic E-state index is 0.177. The van der Waals surface area contributed by atoms with Gasteiger partial charge in [0.15, 0.2) is 0 Å². The van der Waals surface area contributed by atoms with E-state index in [1.807, 2.05) is 0 Å². The number of nitrogens with one attached hydrogen (secondary N) is 1. The first kappa shape index (κ1) is 21.3. The van der Waals surface area contributed by atoms with Crippen LogP contribution in [-0.4, -0.2) is 49.2 Å². The molecule has 0 aliphatic carbocycles. The Morgan fingerprint density at radius 2 is 1.93 bits per heavy atom. The lowest BCUT2D eigenvalue weighted by molar-refractivity contribution is 0.0206. The first-order valence-corrected chi connectivity index (χ1v) is 9.38. The Morgan fingerprint density at radius 1 is 1.30 bits per heavy atom. The first-order chi connectivity index (χ1) is 12.6. The number of nitrogens with zero attached hydrogens (tertiary/aromatic N) is 1. The van der Waals surface area contributed by atoms with Gasteiger partial charge in [0.2, 0.25) is 0 Å². The quantitative estimate of drug-likeness (QED) is 0.757. The van der Waals surface area contributed by atoms with E-state index in [0.29, 0.717) is 5.69 Å². The third-order valence-electron chi connectivity index (χ3n) is 4.31. The van der Waals surface area contributed by atoms with Gasteiger partial charge in [-0.2, -0.15) is 0 Å². The van der Waals surface area contributed by atoms with Crippen molar-refractivity contribution in [3.05, 3.63) is 22.7 Å². The molecule has 0 bridgehead atoms. The molecular formula is C19H28ClN3O4. The van der Waals surface area contributed by atoms with Crippen LogP contribution in [0.3, 0.4) is 0 Å². The van der Waals surface area contributed by atoms with E-state index in [2.05, 4.69) is 5.32 Å². The highest BCUT2D eigenvalue weighted by molar-refractivity contribution is 6.33. The van der Waals surface area contributed by atoms with Crippen molar-refractivity contribution in [2.24, 2.45) is 5.92 Å². The highest BCUT2D eigenvalue weighted by Crippen LogP contribution is 2.30. The number of amides is 2. The van der Waals surface area contributed by atoms with Gasteiger partial charge in [0.25, 0.3) is 5.91 Å². The third kappa shape index (κ3) is 5.74. The van der Waals surface area contributed by atoms with Gasteiger partial charge >= 0.3 is 6.09 Å². The highest BCUT2D eigenvalue weighted by Gasteiger charge is 2.32. The molecule has 0 atom stereocenters. The molecule has 0 radical (unpaired) electrons. The molecule has 2 rings (SSSR count). The van der Waals surface area contributed by atoms with Crippen LogP contribution in [0.4, 0.5) is 10.5 Å². The second-order valence-electron chi connectivity index (χ2n) is 7.66. The van der Waals surface area contributed by atoms with Crippen molar-refractivity contribution in [3.63, 3.8) is 0 Å². The Hall–Kier alpha value is -1.99. The van der Waals surface area contributed by atoms with Crippen LogP contribution < -0.4 is 15.8 Å². The Balaban J connectivity index is 2.35. The number of halogens is 1. The van der Waals surface area contributed by atoms with Crippen LogP contribution in [0.5, 0.6) is 5.75 Å². The third-order valence-corrected chi connectivity index (χ3v) is 4.64. The van der Waals surface area contributed by atoms with Crippen molar-refractivity contribution in [2.75, 3.05) is 32.5 Å². The molecular weight excluding hydrogens is 370 g/mol. The number of methoxy groups -OCH3 is 1. The lowest BCUT2D eigenvalue weighted by Crippen LogP contribution is -2.45. The van der Waals surface area contributed by atoms with Gasteiger partial charge in [-0.3, -0.25) is 4.79 Å². The van der Waals surface area contributed by atoms with E-state index in [1.54, 1.807) is 20.8 Å². The summed E-state index contributed by atoms with van der Waals surface area (Å²) in [5.41, 5.74) is 5.56. The number of hydrogen-bond donors (Lipinski definition) is 2. The van der Waals surface area contributed by atoms with Crippen molar-refractivity contribution in [1.82, 2.24) is 10.2 Å². The molecule has 1 saturated heterocycles. The lowest BCUT2D eigenvalue weighted by atomic mass is 9.97. The lowest BCUT2D eigenvalue weighted by Gasteiger charge is -2.31. The van der Waals surface area contributed by atoms with E-state index in [9.17, 15) is 9.59 Å². The normalized spacial score (nSPS) is 15.3. The Kier molecular flexibility index (Phi) is 6.95. The summed E-state index contributed by atoms with van der Waals surface area (Å²) in [5.74, 6) is -0.0414. The van der Waals surface area contributed by atoms with Crippen LogP contribution in [0.2, 0.25) is 5.02 Å². The number of imide groups is 1. The van der Waals surface area contributed by atoms with Crippen LogP contribution >= 0.6 is 11.6 Å². The Labute approximate surface area is 165 Å². The monoisotopic (exact) mass is 397 g/mol. The molecule has 1 aliphatic rings. The van der Waals surface area contributed by atoms with E-state index in [-0.39, 0.29) is 28.8 Å². The average Bonchev–Trinajstić information content (AvgIpc) is 2.60. The van der Waals surface area contributed by atoms with Crippen molar-refractivity contribution in [2.45, 2.75) is 39.2 Å². The number of nitrogens with two attached hydrogens (primary N) is 1. The molecule has 0 aromatic heterocycles. The number of carbonyl (C=O) groups excluding carboxylic acids is 2. The molecule has 1 aliphatic heterocycles. The van der Waals surface area contributed by atoms with Crippen LogP contribution in [0.15, 0.2) is 12.1 Å². The maximum Gasteiger partial charge on any atom is 0.417 e. The predicted molar refractivity (Wildman–Crippen MR) is 105 cm³/mol. The summed E-state index contributed by atoms with van der Waals surface area (Å²) >= 11 is 6.09. The highest BCUT2D eigenvalue weighted by atomic mass is 35.5. The summed E-state index contributed by atoms with van der Waals surface area (Å²) in [6.07, 6.45) is 1.08. The van der Waals surface area contributed by atoms with E-state index in [1.165, 1.54) is 19.2 Å². The van der Waals surface area contributed by atoms with Crippen LogP contribution in [-0.2, 0) is 4.74 Å². The van der Waals surface area contributed by atoms with Gasteiger partial charge in [0.1, 0.15) is 11.4 Å². The number of hydrogen-bond acceptors (Lipinski definition) is 6. The number of nitrogen functional groups attached to an aromatic ring is 1. The number of ether oxygens (including phenoxy) is 2. The molecule has 150 valence electrons. The summed E-state index contributed by atoms with van der Waals surface area (Å²) in [4.78, 5) is 27.1. The summed E-state index contributed by atoms with van der Waals surface area (Å²) < 4.78 is 10.7. The molecule has 0 unspecified atom stereocenters. The molecule has 1 fully saturated rings. The SMILES string of the molecule is COc1cc(N)c(Cl)cc1C(=O)N(CC1CCNCC1)C(=O)OC(C)(C)C.